The number of carbonyl (C=O) groups excluding carboxylic acids is 3. The quantitative estimate of drug-likeness (QED) is 0.632. The minimum Gasteiger partial charge on any atom is -0.393 e. The van der Waals surface area contributed by atoms with Gasteiger partial charge in [0.05, 0.1) is 0 Å². The molecule has 4 heteroatoms. The van der Waals surface area contributed by atoms with E-state index < -0.39 is 11.9 Å². The number of esters is 2. The van der Waals surface area contributed by atoms with Crippen LogP contribution in [0.2, 0.25) is 0 Å². The predicted octanol–water partition coefficient (Wildman–Crippen LogP) is 3.40. The molecule has 0 aromatic heterocycles. The minimum absolute atomic E-state index is 0.329. The van der Waals surface area contributed by atoms with E-state index in [1.54, 1.807) is 0 Å². The van der Waals surface area contributed by atoms with Gasteiger partial charge in [0.25, 0.3) is 0 Å². The summed E-state index contributed by atoms with van der Waals surface area (Å²) in [7, 11) is 0. The Kier molecular flexibility index (Phi) is 8.11. The van der Waals surface area contributed by atoms with E-state index in [-0.39, 0.29) is 0 Å². The van der Waals surface area contributed by atoms with Crippen molar-refractivity contribution in [3.05, 3.63) is 35.4 Å². The lowest BCUT2D eigenvalue weighted by atomic mass is 9.91. The summed E-state index contributed by atoms with van der Waals surface area (Å²) in [5.41, 5.74) is 2.58. The lowest BCUT2D eigenvalue weighted by Crippen LogP contribution is -2.12. The van der Waals surface area contributed by atoms with E-state index in [1.807, 2.05) is 32.0 Å². The maximum Gasteiger partial charge on any atom is 0.313 e. The Morgan fingerprint density at radius 2 is 1.50 bits per heavy atom. The van der Waals surface area contributed by atoms with Crippen molar-refractivity contribution >= 4 is 17.7 Å². The molecule has 0 amide bonds. The first-order chi connectivity index (χ1) is 10.6. The summed E-state index contributed by atoms with van der Waals surface area (Å²) >= 11 is 0. The van der Waals surface area contributed by atoms with Crippen LogP contribution in [0, 0.1) is 0 Å². The van der Waals surface area contributed by atoms with E-state index in [0.717, 1.165) is 25.7 Å². The number of rotatable bonds is 4. The van der Waals surface area contributed by atoms with Crippen LogP contribution in [0.15, 0.2) is 24.3 Å². The largest absolute Gasteiger partial charge is 0.393 e. The van der Waals surface area contributed by atoms with Gasteiger partial charge in [-0.1, -0.05) is 38.1 Å². The molecular weight excluding hydrogens is 280 g/mol. The third-order valence-corrected chi connectivity index (χ3v) is 3.32. The monoisotopic (exact) mass is 304 g/mol. The molecule has 0 heterocycles. The molecule has 1 aliphatic carbocycles. The number of hydrogen-bond donors (Lipinski definition) is 0. The number of ether oxygens (including phenoxy) is 1. The molecule has 0 unspecified atom stereocenters. The topological polar surface area (TPSA) is 60.4 Å². The predicted molar refractivity (Wildman–Crippen MR) is 84.4 cm³/mol. The third kappa shape index (κ3) is 6.66. The Labute approximate surface area is 131 Å². The Bertz CT molecular complexity index is 504. The van der Waals surface area contributed by atoms with Crippen molar-refractivity contribution in [2.24, 2.45) is 0 Å². The van der Waals surface area contributed by atoms with Crippen molar-refractivity contribution in [1.82, 2.24) is 0 Å². The first kappa shape index (κ1) is 18.1. The maximum absolute atomic E-state index is 11.0. The zero-order valence-electron chi connectivity index (χ0n) is 13.4. The van der Waals surface area contributed by atoms with Crippen LogP contribution in [-0.2, 0) is 32.0 Å². The Balaban J connectivity index is 0.000000220. The van der Waals surface area contributed by atoms with Gasteiger partial charge in [-0.15, -0.1) is 0 Å². The average Bonchev–Trinajstić information content (AvgIpc) is 2.48. The van der Waals surface area contributed by atoms with Crippen molar-refractivity contribution in [2.75, 3.05) is 0 Å². The molecule has 1 aromatic carbocycles. The second-order valence-corrected chi connectivity index (χ2v) is 5.33. The van der Waals surface area contributed by atoms with E-state index in [9.17, 15) is 14.4 Å². The fourth-order valence-electron chi connectivity index (χ4n) is 2.19. The SMILES string of the molecule is CCCC(=O)OC(=O)CCC.O=C1CCc2ccccc2C1. The average molecular weight is 304 g/mol. The number of Topliss-reactive ketones (excluding diaryl/α,β-unsaturated/α-hetero) is 1. The molecule has 0 atom stereocenters. The summed E-state index contributed by atoms with van der Waals surface area (Å²) in [5.74, 6) is -0.444. The molecular formula is C18H24O4. The van der Waals surface area contributed by atoms with E-state index in [2.05, 4.69) is 10.8 Å². The first-order valence-electron chi connectivity index (χ1n) is 7.88. The van der Waals surface area contributed by atoms with Gasteiger partial charge in [0.2, 0.25) is 0 Å². The van der Waals surface area contributed by atoms with Crippen LogP contribution in [-0.4, -0.2) is 17.7 Å². The summed E-state index contributed by atoms with van der Waals surface area (Å²) in [5, 5.41) is 0. The number of aryl methyl sites for hydroxylation is 1. The van der Waals surface area contributed by atoms with Crippen molar-refractivity contribution in [3.8, 4) is 0 Å². The first-order valence-corrected chi connectivity index (χ1v) is 7.88. The number of ketones is 1. The molecule has 0 fully saturated rings. The summed E-state index contributed by atoms with van der Waals surface area (Å²) in [6.07, 6.45) is 4.42. The molecule has 1 aromatic rings. The fourth-order valence-corrected chi connectivity index (χ4v) is 2.19. The smallest absolute Gasteiger partial charge is 0.313 e. The number of carbonyl (C=O) groups is 3. The highest BCUT2D eigenvalue weighted by molar-refractivity contribution is 5.85. The molecule has 0 saturated carbocycles. The Morgan fingerprint density at radius 1 is 0.955 bits per heavy atom. The number of fused-ring (bicyclic) bond motifs is 1. The van der Waals surface area contributed by atoms with Gasteiger partial charge in [0.15, 0.2) is 0 Å². The fraction of sp³-hybridized carbons (Fsp3) is 0.500. The standard InChI is InChI=1S/C10H10O.C8H14O3/c11-10-6-5-8-3-1-2-4-9(8)7-10;1-3-5-7(9)11-8(10)6-4-2/h1-4H,5-7H2;3-6H2,1-2H3. The molecule has 4 nitrogen and oxygen atoms in total. The van der Waals surface area contributed by atoms with Gasteiger partial charge in [-0.3, -0.25) is 14.4 Å². The Hall–Kier alpha value is -1.97. The van der Waals surface area contributed by atoms with Gasteiger partial charge < -0.3 is 4.74 Å². The van der Waals surface area contributed by atoms with E-state index >= 15 is 0 Å². The molecule has 0 radical (unpaired) electrons. The lowest BCUT2D eigenvalue weighted by Gasteiger charge is -2.13. The number of hydrogen-bond acceptors (Lipinski definition) is 4. The van der Waals surface area contributed by atoms with Crippen molar-refractivity contribution in [2.45, 2.75) is 58.8 Å². The maximum atomic E-state index is 11.0. The minimum atomic E-state index is -0.411. The van der Waals surface area contributed by atoms with Crippen molar-refractivity contribution in [1.29, 1.82) is 0 Å². The molecule has 120 valence electrons. The second-order valence-electron chi connectivity index (χ2n) is 5.33. The highest BCUT2D eigenvalue weighted by Gasteiger charge is 2.13. The summed E-state index contributed by atoms with van der Waals surface area (Å²) in [6.45, 7) is 3.73. The molecule has 2 rings (SSSR count). The second kappa shape index (κ2) is 9.87. The van der Waals surface area contributed by atoms with Gasteiger partial charge in [0, 0.05) is 25.7 Å². The third-order valence-electron chi connectivity index (χ3n) is 3.32. The lowest BCUT2D eigenvalue weighted by molar-refractivity contribution is -0.159. The molecule has 0 aliphatic heterocycles. The van der Waals surface area contributed by atoms with Crippen LogP contribution >= 0.6 is 0 Å². The highest BCUT2D eigenvalue weighted by Crippen LogP contribution is 2.17. The summed E-state index contributed by atoms with van der Waals surface area (Å²) < 4.78 is 4.45. The molecule has 0 N–H and O–H groups in total. The highest BCUT2D eigenvalue weighted by atomic mass is 16.6. The van der Waals surface area contributed by atoms with E-state index in [1.165, 1.54) is 11.1 Å². The van der Waals surface area contributed by atoms with Gasteiger partial charge in [0.1, 0.15) is 5.78 Å². The molecule has 1 aliphatic rings. The van der Waals surface area contributed by atoms with Gasteiger partial charge >= 0.3 is 11.9 Å². The van der Waals surface area contributed by atoms with Gasteiger partial charge in [-0.05, 0) is 30.4 Å². The van der Waals surface area contributed by atoms with Crippen molar-refractivity contribution in [3.63, 3.8) is 0 Å². The van der Waals surface area contributed by atoms with E-state index in [0.29, 0.717) is 25.0 Å². The van der Waals surface area contributed by atoms with Crippen LogP contribution in [0.5, 0.6) is 0 Å². The van der Waals surface area contributed by atoms with Crippen molar-refractivity contribution < 1.29 is 19.1 Å². The molecule has 0 spiro atoms. The van der Waals surface area contributed by atoms with E-state index in [4.69, 9.17) is 0 Å². The molecule has 22 heavy (non-hydrogen) atoms. The molecule has 0 saturated heterocycles. The van der Waals surface area contributed by atoms with Crippen LogP contribution in [0.4, 0.5) is 0 Å². The zero-order chi connectivity index (χ0) is 16.4. The van der Waals surface area contributed by atoms with Crippen LogP contribution in [0.1, 0.15) is 57.1 Å². The summed E-state index contributed by atoms with van der Waals surface area (Å²) in [4.78, 5) is 32.4. The van der Waals surface area contributed by atoms with Crippen LogP contribution < -0.4 is 0 Å². The van der Waals surface area contributed by atoms with Crippen LogP contribution in [0.3, 0.4) is 0 Å². The van der Waals surface area contributed by atoms with Gasteiger partial charge in [-0.25, -0.2) is 0 Å². The summed E-state index contributed by atoms with van der Waals surface area (Å²) in [6, 6.07) is 8.19. The Morgan fingerprint density at radius 3 is 2.05 bits per heavy atom. The van der Waals surface area contributed by atoms with Crippen LogP contribution in [0.25, 0.3) is 0 Å². The van der Waals surface area contributed by atoms with Gasteiger partial charge in [-0.2, -0.15) is 0 Å². The zero-order valence-corrected chi connectivity index (χ0v) is 13.4. The molecule has 0 bridgehead atoms. The number of benzene rings is 1. The normalized spacial score (nSPS) is 12.7.